The van der Waals surface area contributed by atoms with E-state index in [2.05, 4.69) is 32.3 Å². The molecule has 0 saturated carbocycles. The smallest absolute Gasteiger partial charge is 0.251 e. The summed E-state index contributed by atoms with van der Waals surface area (Å²) in [4.78, 5) is 15.9. The maximum absolute atomic E-state index is 11.9. The van der Waals surface area contributed by atoms with Crippen LogP contribution < -0.4 is 5.32 Å². The topological polar surface area (TPSA) is 65.8 Å². The first-order valence-corrected chi connectivity index (χ1v) is 6.37. The van der Waals surface area contributed by atoms with Gasteiger partial charge < -0.3 is 5.32 Å². The molecular formula is C14H10BrN3O. The molecule has 0 saturated heterocycles. The predicted octanol–water partition coefficient (Wildman–Crippen LogP) is 2.65. The lowest BCUT2D eigenvalue weighted by molar-refractivity contribution is 0.0950. The summed E-state index contributed by atoms with van der Waals surface area (Å²) >= 11 is 3.22. The van der Waals surface area contributed by atoms with Crippen molar-refractivity contribution in [2.45, 2.75) is 6.54 Å². The average molecular weight is 316 g/mol. The fourth-order valence-corrected chi connectivity index (χ4v) is 1.94. The molecule has 0 aliphatic carbocycles. The number of rotatable bonds is 3. The van der Waals surface area contributed by atoms with Crippen molar-refractivity contribution in [3.63, 3.8) is 0 Å². The molecule has 2 rings (SSSR count). The van der Waals surface area contributed by atoms with Gasteiger partial charge in [0.2, 0.25) is 0 Å². The third-order valence-electron chi connectivity index (χ3n) is 2.50. The Kier molecular flexibility index (Phi) is 4.26. The van der Waals surface area contributed by atoms with Gasteiger partial charge in [0, 0.05) is 18.3 Å². The molecule has 0 unspecified atom stereocenters. The molecule has 0 atom stereocenters. The number of carbonyl (C=O) groups excluding carboxylic acids is 1. The zero-order chi connectivity index (χ0) is 13.7. The van der Waals surface area contributed by atoms with E-state index >= 15 is 0 Å². The molecule has 0 aliphatic heterocycles. The van der Waals surface area contributed by atoms with Crippen molar-refractivity contribution in [3.05, 3.63) is 63.9 Å². The van der Waals surface area contributed by atoms with Crippen LogP contribution in [0.15, 0.2) is 47.2 Å². The molecule has 1 aromatic carbocycles. The van der Waals surface area contributed by atoms with E-state index in [0.29, 0.717) is 22.3 Å². The van der Waals surface area contributed by atoms with E-state index in [1.165, 1.54) is 0 Å². The summed E-state index contributed by atoms with van der Waals surface area (Å²) in [7, 11) is 0. The molecule has 1 N–H and O–H groups in total. The van der Waals surface area contributed by atoms with Crippen molar-refractivity contribution in [2.75, 3.05) is 0 Å². The summed E-state index contributed by atoms with van der Waals surface area (Å²) in [5.41, 5.74) is 2.01. The van der Waals surface area contributed by atoms with Crippen molar-refractivity contribution in [1.82, 2.24) is 10.3 Å². The molecule has 2 aromatic rings. The standard InChI is InChI=1S/C14H10BrN3O/c15-13-7-12(4-5-17-13)14(19)18-9-11-3-1-2-10(6-11)8-16/h1-7H,9H2,(H,18,19). The van der Waals surface area contributed by atoms with Crippen molar-refractivity contribution in [2.24, 2.45) is 0 Å². The first-order chi connectivity index (χ1) is 9.19. The molecule has 0 spiro atoms. The second kappa shape index (κ2) is 6.12. The van der Waals surface area contributed by atoms with Gasteiger partial charge in [0.1, 0.15) is 4.60 Å². The number of carbonyl (C=O) groups is 1. The molecule has 5 heteroatoms. The average Bonchev–Trinajstić information content (AvgIpc) is 2.45. The van der Waals surface area contributed by atoms with E-state index in [1.807, 2.05) is 6.07 Å². The summed E-state index contributed by atoms with van der Waals surface area (Å²) in [5, 5.41) is 11.6. The van der Waals surface area contributed by atoms with Crippen LogP contribution in [-0.4, -0.2) is 10.9 Å². The Hall–Kier alpha value is -2.19. The van der Waals surface area contributed by atoms with Gasteiger partial charge in [-0.2, -0.15) is 5.26 Å². The van der Waals surface area contributed by atoms with E-state index in [0.717, 1.165) is 5.56 Å². The summed E-state index contributed by atoms with van der Waals surface area (Å²) in [6, 6.07) is 12.5. The van der Waals surface area contributed by atoms with Crippen LogP contribution in [0, 0.1) is 11.3 Å². The first-order valence-electron chi connectivity index (χ1n) is 5.58. The molecule has 1 aromatic heterocycles. The SMILES string of the molecule is N#Cc1cccc(CNC(=O)c2ccnc(Br)c2)c1. The molecule has 0 fully saturated rings. The van der Waals surface area contributed by atoms with E-state index in [-0.39, 0.29) is 5.91 Å². The lowest BCUT2D eigenvalue weighted by Gasteiger charge is -2.05. The van der Waals surface area contributed by atoms with Crippen LogP contribution in [0.3, 0.4) is 0 Å². The molecule has 94 valence electrons. The highest BCUT2D eigenvalue weighted by Gasteiger charge is 2.06. The third kappa shape index (κ3) is 3.63. The molecule has 0 bridgehead atoms. The maximum Gasteiger partial charge on any atom is 0.251 e. The zero-order valence-corrected chi connectivity index (χ0v) is 11.5. The van der Waals surface area contributed by atoms with Gasteiger partial charge in [-0.1, -0.05) is 12.1 Å². The van der Waals surface area contributed by atoms with Gasteiger partial charge >= 0.3 is 0 Å². The number of hydrogen-bond donors (Lipinski definition) is 1. The zero-order valence-electron chi connectivity index (χ0n) is 9.93. The largest absolute Gasteiger partial charge is 0.348 e. The van der Waals surface area contributed by atoms with Crippen molar-refractivity contribution in [1.29, 1.82) is 5.26 Å². The van der Waals surface area contributed by atoms with E-state index in [1.54, 1.807) is 36.5 Å². The first kappa shape index (κ1) is 13.2. The Morgan fingerprint density at radius 2 is 2.21 bits per heavy atom. The number of aromatic nitrogens is 1. The number of pyridine rings is 1. The third-order valence-corrected chi connectivity index (χ3v) is 2.93. The number of hydrogen-bond acceptors (Lipinski definition) is 3. The quantitative estimate of drug-likeness (QED) is 0.885. The number of benzene rings is 1. The lowest BCUT2D eigenvalue weighted by Crippen LogP contribution is -2.22. The van der Waals surface area contributed by atoms with Gasteiger partial charge in [-0.3, -0.25) is 4.79 Å². The van der Waals surface area contributed by atoms with Gasteiger partial charge in [0.05, 0.1) is 11.6 Å². The monoisotopic (exact) mass is 315 g/mol. The van der Waals surface area contributed by atoms with E-state index in [9.17, 15) is 4.79 Å². The Morgan fingerprint density at radius 1 is 1.37 bits per heavy atom. The van der Waals surface area contributed by atoms with E-state index < -0.39 is 0 Å². The van der Waals surface area contributed by atoms with Crippen LogP contribution in [0.4, 0.5) is 0 Å². The summed E-state index contributed by atoms with van der Waals surface area (Å²) in [5.74, 6) is -0.175. The fraction of sp³-hybridized carbons (Fsp3) is 0.0714. The van der Waals surface area contributed by atoms with Crippen LogP contribution in [0.2, 0.25) is 0 Å². The molecule has 1 heterocycles. The Balaban J connectivity index is 2.02. The van der Waals surface area contributed by atoms with Gasteiger partial charge in [-0.15, -0.1) is 0 Å². The van der Waals surface area contributed by atoms with Crippen molar-refractivity contribution >= 4 is 21.8 Å². The van der Waals surface area contributed by atoms with Gasteiger partial charge in [-0.05, 0) is 45.8 Å². The van der Waals surface area contributed by atoms with Gasteiger partial charge in [0.25, 0.3) is 5.91 Å². The highest BCUT2D eigenvalue weighted by atomic mass is 79.9. The number of amides is 1. The molecule has 0 aliphatic rings. The normalized spacial score (nSPS) is 9.68. The Morgan fingerprint density at radius 3 is 2.95 bits per heavy atom. The molecular weight excluding hydrogens is 306 g/mol. The molecule has 1 amide bonds. The maximum atomic E-state index is 11.9. The van der Waals surface area contributed by atoms with Crippen LogP contribution >= 0.6 is 15.9 Å². The van der Waals surface area contributed by atoms with Crippen LogP contribution in [0.25, 0.3) is 0 Å². The number of nitriles is 1. The minimum absolute atomic E-state index is 0.175. The van der Waals surface area contributed by atoms with Crippen LogP contribution in [0.1, 0.15) is 21.5 Å². The van der Waals surface area contributed by atoms with Gasteiger partial charge in [0.15, 0.2) is 0 Å². The minimum Gasteiger partial charge on any atom is -0.348 e. The van der Waals surface area contributed by atoms with Crippen LogP contribution in [0.5, 0.6) is 0 Å². The van der Waals surface area contributed by atoms with Crippen molar-refractivity contribution in [3.8, 4) is 6.07 Å². The number of halogens is 1. The number of nitrogens with zero attached hydrogens (tertiary/aromatic N) is 2. The summed E-state index contributed by atoms with van der Waals surface area (Å²) in [6.45, 7) is 0.383. The highest BCUT2D eigenvalue weighted by Crippen LogP contribution is 2.08. The second-order valence-corrected chi connectivity index (χ2v) is 4.67. The predicted molar refractivity (Wildman–Crippen MR) is 74.3 cm³/mol. The fourth-order valence-electron chi connectivity index (χ4n) is 1.58. The highest BCUT2D eigenvalue weighted by molar-refractivity contribution is 9.10. The minimum atomic E-state index is -0.175. The second-order valence-electron chi connectivity index (χ2n) is 3.86. The van der Waals surface area contributed by atoms with E-state index in [4.69, 9.17) is 5.26 Å². The summed E-state index contributed by atoms with van der Waals surface area (Å²) < 4.78 is 0.617. The molecule has 4 nitrogen and oxygen atoms in total. The molecule has 0 radical (unpaired) electrons. The Labute approximate surface area is 119 Å². The lowest BCUT2D eigenvalue weighted by atomic mass is 10.1. The van der Waals surface area contributed by atoms with Gasteiger partial charge in [-0.25, -0.2) is 4.98 Å². The summed E-state index contributed by atoms with van der Waals surface area (Å²) in [6.07, 6.45) is 1.56. The van der Waals surface area contributed by atoms with Crippen molar-refractivity contribution < 1.29 is 4.79 Å². The van der Waals surface area contributed by atoms with Crippen LogP contribution in [-0.2, 0) is 6.54 Å². The number of nitrogens with one attached hydrogen (secondary N) is 1. The Bertz CT molecular complexity index is 649. The molecule has 19 heavy (non-hydrogen) atoms.